The van der Waals surface area contributed by atoms with Gasteiger partial charge in [-0.3, -0.25) is 4.79 Å². The van der Waals surface area contributed by atoms with Crippen molar-refractivity contribution in [1.82, 2.24) is 0 Å². The van der Waals surface area contributed by atoms with Crippen LogP contribution in [0.25, 0.3) is 0 Å². The molecule has 1 aromatic rings. The zero-order valence-electron chi connectivity index (χ0n) is 8.47. The number of rotatable bonds is 4. The van der Waals surface area contributed by atoms with Gasteiger partial charge in [0.1, 0.15) is 11.3 Å². The van der Waals surface area contributed by atoms with Crippen molar-refractivity contribution in [3.63, 3.8) is 0 Å². The fourth-order valence-corrected chi connectivity index (χ4v) is 1.67. The first-order chi connectivity index (χ1) is 7.56. The summed E-state index contributed by atoms with van der Waals surface area (Å²) in [5, 5.41) is 0.707. The topological polar surface area (TPSA) is 26.3 Å². The fourth-order valence-electron chi connectivity index (χ4n) is 1.01. The summed E-state index contributed by atoms with van der Waals surface area (Å²) in [5.41, 5.74) is 0.298. The average molecular weight is 280 g/mol. The lowest BCUT2D eigenvalue weighted by molar-refractivity contribution is 0.103. The largest absolute Gasteiger partial charge is 0.500 e. The third-order valence-electron chi connectivity index (χ3n) is 1.75. The molecule has 0 spiro atoms. The predicted molar refractivity (Wildman–Crippen MR) is 66.4 cm³/mol. The number of Topliss-reactive ketones (excluding diaryl/α,β-unsaturated/α-hetero) is 1. The molecule has 0 aliphatic heterocycles. The number of ether oxygens (including phenoxy) is 1. The van der Waals surface area contributed by atoms with Crippen LogP contribution in [0.4, 0.5) is 0 Å². The van der Waals surface area contributed by atoms with Crippen LogP contribution in [-0.2, 0) is 4.74 Å². The second-order valence-electron chi connectivity index (χ2n) is 2.87. The maximum Gasteiger partial charge on any atom is 0.208 e. The van der Waals surface area contributed by atoms with Crippen molar-refractivity contribution in [2.45, 2.75) is 6.92 Å². The highest BCUT2D eigenvalue weighted by atomic mass is 35.5. The molecule has 0 heterocycles. The van der Waals surface area contributed by atoms with Gasteiger partial charge < -0.3 is 4.74 Å². The van der Waals surface area contributed by atoms with Gasteiger partial charge in [-0.05, 0) is 25.1 Å². The van der Waals surface area contributed by atoms with Gasteiger partial charge in [0.05, 0.1) is 11.6 Å². The van der Waals surface area contributed by atoms with E-state index in [0.717, 1.165) is 0 Å². The molecule has 0 N–H and O–H groups in total. The van der Waals surface area contributed by atoms with Crippen LogP contribution >= 0.6 is 34.8 Å². The second-order valence-corrected chi connectivity index (χ2v) is 4.13. The van der Waals surface area contributed by atoms with Crippen molar-refractivity contribution < 1.29 is 9.53 Å². The molecule has 0 saturated heterocycles. The molecular weight excluding hydrogens is 270 g/mol. The van der Waals surface area contributed by atoms with Crippen LogP contribution in [0.1, 0.15) is 17.3 Å². The number of ketones is 1. The van der Waals surface area contributed by atoms with Crippen molar-refractivity contribution in [2.24, 2.45) is 0 Å². The summed E-state index contributed by atoms with van der Waals surface area (Å²) >= 11 is 17.3. The summed E-state index contributed by atoms with van der Waals surface area (Å²) in [5.74, 6) is -0.392. The Morgan fingerprint density at radius 3 is 2.69 bits per heavy atom. The Balaban J connectivity index is 2.96. The number of benzene rings is 1. The van der Waals surface area contributed by atoms with Gasteiger partial charge in [0.2, 0.25) is 5.78 Å². The molecule has 1 rings (SSSR count). The van der Waals surface area contributed by atoms with Crippen molar-refractivity contribution in [2.75, 3.05) is 6.61 Å². The Morgan fingerprint density at radius 1 is 1.44 bits per heavy atom. The van der Waals surface area contributed by atoms with E-state index in [2.05, 4.69) is 0 Å². The van der Waals surface area contributed by atoms with Crippen LogP contribution < -0.4 is 0 Å². The molecule has 0 aliphatic carbocycles. The average Bonchev–Trinajstić information content (AvgIpc) is 2.25. The van der Waals surface area contributed by atoms with E-state index in [9.17, 15) is 4.79 Å². The summed E-state index contributed by atoms with van der Waals surface area (Å²) in [4.78, 5) is 11.8. The van der Waals surface area contributed by atoms with E-state index in [1.54, 1.807) is 13.0 Å². The number of halogens is 3. The molecule has 0 unspecified atom stereocenters. The Kier molecular flexibility index (Phi) is 5.13. The number of allylic oxidation sites excluding steroid dienone is 1. The molecule has 16 heavy (non-hydrogen) atoms. The highest BCUT2D eigenvalue weighted by Gasteiger charge is 2.14. The van der Waals surface area contributed by atoms with Gasteiger partial charge in [-0.25, -0.2) is 0 Å². The predicted octanol–water partition coefficient (Wildman–Crippen LogP) is 4.29. The molecule has 1 aromatic carbocycles. The van der Waals surface area contributed by atoms with E-state index in [1.807, 2.05) is 0 Å². The summed E-state index contributed by atoms with van der Waals surface area (Å²) in [6.45, 7) is 2.23. The Morgan fingerprint density at radius 2 is 2.12 bits per heavy atom. The number of hydrogen-bond acceptors (Lipinski definition) is 2. The monoisotopic (exact) mass is 278 g/mol. The number of hydrogen-bond donors (Lipinski definition) is 0. The van der Waals surface area contributed by atoms with Crippen molar-refractivity contribution in [3.05, 3.63) is 45.1 Å². The minimum atomic E-state index is -0.392. The molecule has 86 valence electrons. The van der Waals surface area contributed by atoms with Crippen molar-refractivity contribution >= 4 is 40.6 Å². The first-order valence-corrected chi connectivity index (χ1v) is 5.66. The molecule has 0 aromatic heterocycles. The quantitative estimate of drug-likeness (QED) is 0.467. The van der Waals surface area contributed by atoms with Crippen LogP contribution in [0.3, 0.4) is 0 Å². The van der Waals surface area contributed by atoms with Crippen molar-refractivity contribution in [1.29, 1.82) is 0 Å². The van der Waals surface area contributed by atoms with E-state index in [0.29, 0.717) is 17.2 Å². The highest BCUT2D eigenvalue weighted by Crippen LogP contribution is 2.24. The zero-order chi connectivity index (χ0) is 12.1. The summed E-state index contributed by atoms with van der Waals surface area (Å²) in [7, 11) is 0. The third kappa shape index (κ3) is 3.41. The lowest BCUT2D eigenvalue weighted by Gasteiger charge is -2.03. The number of carbonyl (C=O) groups is 1. The van der Waals surface area contributed by atoms with Gasteiger partial charge >= 0.3 is 0 Å². The molecular formula is C11H9Cl3O2. The van der Waals surface area contributed by atoms with E-state index in [1.165, 1.54) is 18.4 Å². The van der Waals surface area contributed by atoms with Gasteiger partial charge in [-0.15, -0.1) is 0 Å². The lowest BCUT2D eigenvalue weighted by Crippen LogP contribution is -2.00. The summed E-state index contributed by atoms with van der Waals surface area (Å²) in [6.07, 6.45) is 1.20. The van der Waals surface area contributed by atoms with E-state index >= 15 is 0 Å². The smallest absolute Gasteiger partial charge is 0.208 e. The fraction of sp³-hybridized carbons (Fsp3) is 0.182. The normalized spacial score (nSPS) is 11.4. The van der Waals surface area contributed by atoms with Gasteiger partial charge in [0.25, 0.3) is 0 Å². The lowest BCUT2D eigenvalue weighted by atomic mass is 10.1. The van der Waals surface area contributed by atoms with Crippen LogP contribution in [0.5, 0.6) is 0 Å². The molecule has 0 aliphatic rings. The molecule has 0 atom stereocenters. The van der Waals surface area contributed by atoms with Gasteiger partial charge in [-0.1, -0.05) is 34.8 Å². The minimum absolute atomic E-state index is 0.0222. The minimum Gasteiger partial charge on any atom is -0.500 e. The maximum atomic E-state index is 11.8. The van der Waals surface area contributed by atoms with Gasteiger partial charge in [0, 0.05) is 10.6 Å². The van der Waals surface area contributed by atoms with Gasteiger partial charge in [0.15, 0.2) is 0 Å². The molecule has 5 heteroatoms. The first kappa shape index (κ1) is 13.4. The Bertz CT molecular complexity index is 427. The molecule has 0 saturated carbocycles. The molecule has 0 fully saturated rings. The summed E-state index contributed by atoms with van der Waals surface area (Å²) in [6, 6.07) is 4.59. The standard InChI is InChI=1S/C11H9Cl3O2/c1-2-16-6-10(14)11(15)8-4-3-7(12)5-9(8)13/h3-6H,2H2,1H3/b10-6-. The zero-order valence-corrected chi connectivity index (χ0v) is 10.7. The highest BCUT2D eigenvalue weighted by molar-refractivity contribution is 6.47. The number of carbonyl (C=O) groups excluding carboxylic acids is 1. The Labute approximate surface area is 109 Å². The van der Waals surface area contributed by atoms with E-state index in [4.69, 9.17) is 39.5 Å². The maximum absolute atomic E-state index is 11.8. The summed E-state index contributed by atoms with van der Waals surface area (Å²) < 4.78 is 4.92. The molecule has 0 bridgehead atoms. The molecule has 2 nitrogen and oxygen atoms in total. The third-order valence-corrected chi connectivity index (χ3v) is 2.55. The van der Waals surface area contributed by atoms with E-state index in [-0.39, 0.29) is 10.1 Å². The molecule has 0 amide bonds. The SMILES string of the molecule is CCO/C=C(\Cl)C(=O)c1ccc(Cl)cc1Cl. The van der Waals surface area contributed by atoms with Crippen LogP contribution in [0.15, 0.2) is 29.5 Å². The van der Waals surface area contributed by atoms with Crippen LogP contribution in [-0.4, -0.2) is 12.4 Å². The second kappa shape index (κ2) is 6.14. The molecule has 0 radical (unpaired) electrons. The van der Waals surface area contributed by atoms with Crippen LogP contribution in [0, 0.1) is 0 Å². The van der Waals surface area contributed by atoms with E-state index < -0.39 is 5.78 Å². The van der Waals surface area contributed by atoms with Crippen molar-refractivity contribution in [3.8, 4) is 0 Å². The first-order valence-electron chi connectivity index (χ1n) is 4.53. The van der Waals surface area contributed by atoms with Gasteiger partial charge in [-0.2, -0.15) is 0 Å². The van der Waals surface area contributed by atoms with Crippen LogP contribution in [0.2, 0.25) is 10.0 Å². The Hall–Kier alpha value is -0.700.